The number of carbonyl (C=O) groups excluding carboxylic acids is 3. The molecule has 12 heteroatoms. The van der Waals surface area contributed by atoms with E-state index in [1.165, 1.54) is 11.2 Å². The minimum Gasteiger partial charge on any atom is -0.480 e. The lowest BCUT2D eigenvalue weighted by molar-refractivity contribution is -0.143. The second-order valence-corrected chi connectivity index (χ2v) is 9.51. The van der Waals surface area contributed by atoms with E-state index in [0.29, 0.717) is 44.5 Å². The monoisotopic (exact) mass is 527 g/mol. The molecule has 0 radical (unpaired) electrons. The molecular formula is C26H37N7O5. The van der Waals surface area contributed by atoms with Crippen LogP contribution in [-0.2, 0) is 32.0 Å². The van der Waals surface area contributed by atoms with Gasteiger partial charge in [0.25, 0.3) is 0 Å². The first kappa shape index (κ1) is 28.8. The lowest BCUT2D eigenvalue weighted by Gasteiger charge is -2.28. The summed E-state index contributed by atoms with van der Waals surface area (Å²) in [6, 6.07) is 5.35. The van der Waals surface area contributed by atoms with Crippen molar-refractivity contribution in [1.29, 1.82) is 0 Å². The van der Waals surface area contributed by atoms with Crippen LogP contribution in [0.1, 0.15) is 43.4 Å². The number of hydrogen-bond acceptors (Lipinski definition) is 7. The fourth-order valence-corrected chi connectivity index (χ4v) is 4.59. The third kappa shape index (κ3) is 8.12. The van der Waals surface area contributed by atoms with Gasteiger partial charge in [-0.3, -0.25) is 14.4 Å². The number of aliphatic carboxylic acids is 1. The van der Waals surface area contributed by atoms with Crippen LogP contribution in [0.5, 0.6) is 0 Å². The summed E-state index contributed by atoms with van der Waals surface area (Å²) in [7, 11) is 0. The number of amides is 3. The van der Waals surface area contributed by atoms with Gasteiger partial charge in [-0.15, -0.1) is 0 Å². The van der Waals surface area contributed by atoms with Crippen molar-refractivity contribution in [2.24, 2.45) is 11.5 Å². The Labute approximate surface area is 221 Å². The maximum atomic E-state index is 13.4. The summed E-state index contributed by atoms with van der Waals surface area (Å²) in [5.74, 6) is -2.59. The van der Waals surface area contributed by atoms with Crippen LogP contribution >= 0.6 is 0 Å². The second-order valence-electron chi connectivity index (χ2n) is 9.51. The minimum absolute atomic E-state index is 0.160. The van der Waals surface area contributed by atoms with Gasteiger partial charge in [0.1, 0.15) is 18.1 Å². The standard InChI is InChI=1S/C26H37N7O5/c27-11-5-4-9-20(26(37)38)31-23(34)21(13-17-7-2-1-3-8-17)32-24(35)22-10-6-12-33(22)25(36)19(28)14-18-15-29-16-30-18/h1-3,7-8,15-16,19-22H,4-6,9-14,27-28H2,(H,29,30)(H,31,34)(H,32,35)(H,37,38). The molecule has 1 aromatic carbocycles. The quantitative estimate of drug-likeness (QED) is 0.180. The number of nitrogens with two attached hydrogens (primary N) is 2. The first-order valence-corrected chi connectivity index (χ1v) is 12.9. The highest BCUT2D eigenvalue weighted by atomic mass is 16.4. The molecule has 4 atom stereocenters. The molecular weight excluding hydrogens is 490 g/mol. The number of aromatic amines is 1. The fourth-order valence-electron chi connectivity index (χ4n) is 4.59. The summed E-state index contributed by atoms with van der Waals surface area (Å²) >= 11 is 0. The van der Waals surface area contributed by atoms with Crippen molar-refractivity contribution in [2.45, 2.75) is 69.1 Å². The predicted molar refractivity (Wildman–Crippen MR) is 140 cm³/mol. The lowest BCUT2D eigenvalue weighted by atomic mass is 10.0. The third-order valence-corrected chi connectivity index (χ3v) is 6.63. The molecule has 12 nitrogen and oxygen atoms in total. The van der Waals surface area contributed by atoms with Crippen molar-refractivity contribution < 1.29 is 24.3 Å². The van der Waals surface area contributed by atoms with Gasteiger partial charge >= 0.3 is 5.97 Å². The predicted octanol–water partition coefficient (Wildman–Crippen LogP) is -0.304. The molecule has 1 aromatic heterocycles. The smallest absolute Gasteiger partial charge is 0.326 e. The van der Waals surface area contributed by atoms with Gasteiger partial charge in [0, 0.05) is 31.3 Å². The Bertz CT molecular complexity index is 1060. The van der Waals surface area contributed by atoms with Gasteiger partial charge < -0.3 is 37.1 Å². The average molecular weight is 528 g/mol. The number of nitrogens with one attached hydrogen (secondary N) is 3. The van der Waals surface area contributed by atoms with E-state index in [1.807, 2.05) is 30.3 Å². The molecule has 0 saturated carbocycles. The van der Waals surface area contributed by atoms with Crippen molar-refractivity contribution in [1.82, 2.24) is 25.5 Å². The molecule has 0 aliphatic carbocycles. The molecule has 3 amide bonds. The van der Waals surface area contributed by atoms with E-state index in [0.717, 1.165) is 5.56 Å². The number of H-pyrrole nitrogens is 1. The SMILES string of the molecule is NCCCCC(NC(=O)C(Cc1ccccc1)NC(=O)C1CCCN1C(=O)C(N)Cc1cnc[nH]1)C(=O)O. The fraction of sp³-hybridized carbons (Fsp3) is 0.500. The molecule has 2 aromatic rings. The molecule has 8 N–H and O–H groups in total. The normalized spacial score (nSPS) is 17.4. The number of carboxylic acid groups (broad SMARTS) is 1. The van der Waals surface area contributed by atoms with Gasteiger partial charge in [0.05, 0.1) is 12.4 Å². The van der Waals surface area contributed by atoms with Crippen LogP contribution in [0, 0.1) is 0 Å². The number of nitrogens with zero attached hydrogens (tertiary/aromatic N) is 2. The molecule has 0 spiro atoms. The lowest BCUT2D eigenvalue weighted by Crippen LogP contribution is -2.57. The first-order valence-electron chi connectivity index (χ1n) is 12.9. The number of benzene rings is 1. The summed E-state index contributed by atoms with van der Waals surface area (Å²) in [6.07, 6.45) is 5.97. The zero-order valence-electron chi connectivity index (χ0n) is 21.3. The molecule has 1 saturated heterocycles. The Morgan fingerprint density at radius 1 is 1.11 bits per heavy atom. The highest BCUT2D eigenvalue weighted by Crippen LogP contribution is 2.19. The minimum atomic E-state index is -1.15. The number of carboxylic acids is 1. The summed E-state index contributed by atoms with van der Waals surface area (Å²) in [6.45, 7) is 0.806. The number of unbranched alkanes of at least 4 members (excludes halogenated alkanes) is 1. The van der Waals surface area contributed by atoms with E-state index in [2.05, 4.69) is 20.6 Å². The topological polar surface area (TPSA) is 197 Å². The van der Waals surface area contributed by atoms with E-state index in [1.54, 1.807) is 6.20 Å². The Morgan fingerprint density at radius 3 is 2.53 bits per heavy atom. The highest BCUT2D eigenvalue weighted by Gasteiger charge is 2.38. The Kier molecular flexibility index (Phi) is 10.8. The van der Waals surface area contributed by atoms with E-state index >= 15 is 0 Å². The van der Waals surface area contributed by atoms with E-state index in [9.17, 15) is 24.3 Å². The van der Waals surface area contributed by atoms with Crippen LogP contribution in [0.3, 0.4) is 0 Å². The number of likely N-dealkylation sites (tertiary alicyclic amines) is 1. The Morgan fingerprint density at radius 2 is 1.87 bits per heavy atom. The number of hydrogen-bond donors (Lipinski definition) is 6. The third-order valence-electron chi connectivity index (χ3n) is 6.63. The van der Waals surface area contributed by atoms with Gasteiger partial charge in [-0.25, -0.2) is 9.78 Å². The summed E-state index contributed by atoms with van der Waals surface area (Å²) < 4.78 is 0. The Hall–Kier alpha value is -3.77. The van der Waals surface area contributed by atoms with Crippen molar-refractivity contribution in [3.8, 4) is 0 Å². The maximum Gasteiger partial charge on any atom is 0.326 e. The molecule has 38 heavy (non-hydrogen) atoms. The summed E-state index contributed by atoms with van der Waals surface area (Å²) in [5.41, 5.74) is 13.1. The van der Waals surface area contributed by atoms with Gasteiger partial charge in [-0.2, -0.15) is 0 Å². The van der Waals surface area contributed by atoms with Crippen LogP contribution in [0.4, 0.5) is 0 Å². The molecule has 1 fully saturated rings. The van der Waals surface area contributed by atoms with Crippen LogP contribution in [-0.4, -0.2) is 80.9 Å². The van der Waals surface area contributed by atoms with Crippen LogP contribution in [0.25, 0.3) is 0 Å². The molecule has 3 rings (SSSR count). The molecule has 0 bridgehead atoms. The maximum absolute atomic E-state index is 13.4. The molecule has 206 valence electrons. The Balaban J connectivity index is 1.70. The number of imidazole rings is 1. The highest BCUT2D eigenvalue weighted by molar-refractivity contribution is 5.94. The second kappa shape index (κ2) is 14.2. The van der Waals surface area contributed by atoms with Gasteiger partial charge in [-0.1, -0.05) is 30.3 Å². The zero-order chi connectivity index (χ0) is 27.5. The van der Waals surface area contributed by atoms with Gasteiger partial charge in [0.15, 0.2) is 0 Å². The summed E-state index contributed by atoms with van der Waals surface area (Å²) in [5, 5.41) is 14.9. The first-order chi connectivity index (χ1) is 18.3. The van der Waals surface area contributed by atoms with Crippen molar-refractivity contribution >= 4 is 23.7 Å². The van der Waals surface area contributed by atoms with Gasteiger partial charge in [0.2, 0.25) is 17.7 Å². The average Bonchev–Trinajstić information content (AvgIpc) is 3.60. The van der Waals surface area contributed by atoms with Crippen LogP contribution in [0.2, 0.25) is 0 Å². The van der Waals surface area contributed by atoms with E-state index in [4.69, 9.17) is 11.5 Å². The van der Waals surface area contributed by atoms with E-state index in [-0.39, 0.29) is 25.2 Å². The number of rotatable bonds is 14. The van der Waals surface area contributed by atoms with Crippen molar-refractivity contribution in [2.75, 3.05) is 13.1 Å². The molecule has 1 aliphatic rings. The van der Waals surface area contributed by atoms with E-state index < -0.39 is 42.0 Å². The number of aromatic nitrogens is 2. The van der Waals surface area contributed by atoms with Crippen molar-refractivity contribution in [3.05, 3.63) is 54.1 Å². The zero-order valence-corrected chi connectivity index (χ0v) is 21.3. The van der Waals surface area contributed by atoms with Gasteiger partial charge in [-0.05, 0) is 44.2 Å². The molecule has 4 unspecified atom stereocenters. The van der Waals surface area contributed by atoms with Crippen LogP contribution < -0.4 is 22.1 Å². The largest absolute Gasteiger partial charge is 0.480 e. The number of carbonyl (C=O) groups is 4. The van der Waals surface area contributed by atoms with Crippen LogP contribution in [0.15, 0.2) is 42.9 Å². The summed E-state index contributed by atoms with van der Waals surface area (Å²) in [4.78, 5) is 59.7. The molecule has 2 heterocycles. The molecule has 1 aliphatic heterocycles. The van der Waals surface area contributed by atoms with Crippen molar-refractivity contribution in [3.63, 3.8) is 0 Å².